The molecule has 0 aliphatic rings. The largest absolute Gasteiger partial charge is 0.321 e. The number of aryl methyl sites for hydroxylation is 1. The minimum atomic E-state index is -0.0128. The Balaban J connectivity index is 2.74. The van der Waals surface area contributed by atoms with E-state index >= 15 is 0 Å². The average Bonchev–Trinajstić information content (AvgIpc) is 2.34. The van der Waals surface area contributed by atoms with Gasteiger partial charge in [0.05, 0.1) is 6.04 Å². The Morgan fingerprint density at radius 3 is 2.90 bits per heavy atom. The fourth-order valence-electron chi connectivity index (χ4n) is 0.708. The molecule has 0 aromatic carbocycles. The predicted molar refractivity (Wildman–Crippen MR) is 38.2 cm³/mol. The molecule has 1 heterocycles. The Bertz CT molecular complexity index is 205. The molecule has 2 N–H and O–H groups in total. The molecule has 0 unspecified atom stereocenters. The van der Waals surface area contributed by atoms with E-state index in [0.717, 1.165) is 12.2 Å². The minimum Gasteiger partial charge on any atom is -0.321 e. The van der Waals surface area contributed by atoms with Crippen molar-refractivity contribution in [1.29, 1.82) is 0 Å². The van der Waals surface area contributed by atoms with Crippen molar-refractivity contribution in [3.05, 3.63) is 12.2 Å². The second-order valence-corrected chi connectivity index (χ2v) is 2.29. The molecule has 4 nitrogen and oxygen atoms in total. The van der Waals surface area contributed by atoms with E-state index in [1.165, 1.54) is 0 Å². The van der Waals surface area contributed by atoms with E-state index in [0.29, 0.717) is 0 Å². The van der Waals surface area contributed by atoms with Gasteiger partial charge in [-0.25, -0.2) is 4.98 Å². The van der Waals surface area contributed by atoms with Crippen LogP contribution in [0.3, 0.4) is 0 Å². The lowest BCUT2D eigenvalue weighted by molar-refractivity contribution is 0.632. The van der Waals surface area contributed by atoms with Crippen LogP contribution in [0.1, 0.15) is 25.2 Å². The molecule has 0 spiro atoms. The fourth-order valence-corrected chi connectivity index (χ4v) is 0.708. The Labute approximate surface area is 60.1 Å². The average molecular weight is 140 g/mol. The quantitative estimate of drug-likeness (QED) is 0.639. The third-order valence-electron chi connectivity index (χ3n) is 1.39. The number of rotatable bonds is 2. The number of hydrogen-bond donors (Lipinski definition) is 1. The van der Waals surface area contributed by atoms with Gasteiger partial charge in [-0.2, -0.15) is 5.10 Å². The van der Waals surface area contributed by atoms with Gasteiger partial charge in [-0.3, -0.25) is 4.68 Å². The lowest BCUT2D eigenvalue weighted by Crippen LogP contribution is -2.10. The van der Waals surface area contributed by atoms with Gasteiger partial charge in [0.2, 0.25) is 0 Å². The molecule has 1 atom stereocenters. The second kappa shape index (κ2) is 2.79. The summed E-state index contributed by atoms with van der Waals surface area (Å²) < 4.78 is 1.66. The van der Waals surface area contributed by atoms with Gasteiger partial charge in [-0.15, -0.1) is 0 Å². The first-order chi connectivity index (χ1) is 4.74. The van der Waals surface area contributed by atoms with Crippen LogP contribution in [0.25, 0.3) is 0 Å². The zero-order valence-corrected chi connectivity index (χ0v) is 6.28. The summed E-state index contributed by atoms with van der Waals surface area (Å²) in [7, 11) is 1.83. The molecular weight excluding hydrogens is 128 g/mol. The van der Waals surface area contributed by atoms with Crippen LogP contribution in [0, 0.1) is 0 Å². The van der Waals surface area contributed by atoms with Crippen LogP contribution in [-0.4, -0.2) is 14.8 Å². The molecule has 0 saturated carbocycles. The van der Waals surface area contributed by atoms with E-state index in [1.54, 1.807) is 11.0 Å². The zero-order valence-electron chi connectivity index (χ0n) is 6.28. The second-order valence-electron chi connectivity index (χ2n) is 2.29. The van der Waals surface area contributed by atoms with Crippen LogP contribution in [0.15, 0.2) is 6.33 Å². The van der Waals surface area contributed by atoms with Gasteiger partial charge in [0.25, 0.3) is 0 Å². The summed E-state index contributed by atoms with van der Waals surface area (Å²) in [6.07, 6.45) is 2.54. The van der Waals surface area contributed by atoms with E-state index < -0.39 is 0 Å². The first kappa shape index (κ1) is 7.21. The normalized spacial score (nSPS) is 13.5. The van der Waals surface area contributed by atoms with E-state index in [4.69, 9.17) is 5.73 Å². The highest BCUT2D eigenvalue weighted by molar-refractivity contribution is 4.88. The summed E-state index contributed by atoms with van der Waals surface area (Å²) in [5, 5.41) is 4.06. The smallest absolute Gasteiger partial charge is 0.167 e. The molecule has 1 rings (SSSR count). The Morgan fingerprint density at radius 2 is 2.50 bits per heavy atom. The molecule has 10 heavy (non-hydrogen) atoms. The Hall–Kier alpha value is -0.900. The topological polar surface area (TPSA) is 56.7 Å². The Kier molecular flexibility index (Phi) is 2.01. The SMILES string of the molecule is CC[C@H](N)c1ncn(C)n1. The molecular formula is C6H12N4. The van der Waals surface area contributed by atoms with Crippen LogP contribution < -0.4 is 5.73 Å². The van der Waals surface area contributed by atoms with Crippen molar-refractivity contribution in [1.82, 2.24) is 14.8 Å². The number of aromatic nitrogens is 3. The van der Waals surface area contributed by atoms with Gasteiger partial charge in [0, 0.05) is 7.05 Å². The summed E-state index contributed by atoms with van der Waals surface area (Å²) in [4.78, 5) is 4.01. The molecule has 1 aromatic heterocycles. The van der Waals surface area contributed by atoms with Crippen LogP contribution in [0.2, 0.25) is 0 Å². The van der Waals surface area contributed by atoms with Crippen LogP contribution in [0.4, 0.5) is 0 Å². The summed E-state index contributed by atoms with van der Waals surface area (Å²) in [5.74, 6) is 0.727. The molecule has 4 heteroatoms. The van der Waals surface area contributed by atoms with Crippen molar-refractivity contribution in [2.24, 2.45) is 12.8 Å². The van der Waals surface area contributed by atoms with Crippen molar-refractivity contribution >= 4 is 0 Å². The lowest BCUT2D eigenvalue weighted by Gasteiger charge is -2.00. The van der Waals surface area contributed by atoms with Crippen molar-refractivity contribution in [2.45, 2.75) is 19.4 Å². The predicted octanol–water partition coefficient (Wildman–Crippen LogP) is 0.225. The van der Waals surface area contributed by atoms with Gasteiger partial charge < -0.3 is 5.73 Å². The number of hydrogen-bond acceptors (Lipinski definition) is 3. The maximum atomic E-state index is 5.67. The standard InChI is InChI=1S/C6H12N4/c1-3-5(7)6-8-4-10(2)9-6/h4-5H,3,7H2,1-2H3/t5-/m0/s1. The maximum absolute atomic E-state index is 5.67. The zero-order chi connectivity index (χ0) is 7.56. The highest BCUT2D eigenvalue weighted by atomic mass is 15.3. The third kappa shape index (κ3) is 1.33. The van der Waals surface area contributed by atoms with E-state index in [-0.39, 0.29) is 6.04 Å². The van der Waals surface area contributed by atoms with E-state index in [1.807, 2.05) is 14.0 Å². The number of nitrogens with zero attached hydrogens (tertiary/aromatic N) is 3. The van der Waals surface area contributed by atoms with Crippen LogP contribution in [-0.2, 0) is 7.05 Å². The lowest BCUT2D eigenvalue weighted by atomic mass is 10.2. The summed E-state index contributed by atoms with van der Waals surface area (Å²) in [5.41, 5.74) is 5.67. The molecule has 0 amide bonds. The van der Waals surface area contributed by atoms with Crippen molar-refractivity contribution in [3.8, 4) is 0 Å². The molecule has 1 aromatic rings. The molecule has 0 aliphatic heterocycles. The molecule has 0 aliphatic carbocycles. The maximum Gasteiger partial charge on any atom is 0.167 e. The Morgan fingerprint density at radius 1 is 1.80 bits per heavy atom. The van der Waals surface area contributed by atoms with Gasteiger partial charge in [-0.05, 0) is 6.42 Å². The summed E-state index contributed by atoms with van der Waals surface area (Å²) in [6, 6.07) is -0.0128. The highest BCUT2D eigenvalue weighted by Gasteiger charge is 2.06. The van der Waals surface area contributed by atoms with Crippen LogP contribution >= 0.6 is 0 Å². The monoisotopic (exact) mass is 140 g/mol. The molecule has 0 fully saturated rings. The minimum absolute atomic E-state index is 0.0128. The first-order valence-corrected chi connectivity index (χ1v) is 3.35. The first-order valence-electron chi connectivity index (χ1n) is 3.35. The summed E-state index contributed by atoms with van der Waals surface area (Å²) >= 11 is 0. The molecule has 56 valence electrons. The van der Waals surface area contributed by atoms with Gasteiger partial charge in [0.1, 0.15) is 6.33 Å². The van der Waals surface area contributed by atoms with Crippen molar-refractivity contribution < 1.29 is 0 Å². The van der Waals surface area contributed by atoms with Gasteiger partial charge in [-0.1, -0.05) is 6.92 Å². The van der Waals surface area contributed by atoms with Gasteiger partial charge in [0.15, 0.2) is 5.82 Å². The summed E-state index contributed by atoms with van der Waals surface area (Å²) in [6.45, 7) is 2.01. The van der Waals surface area contributed by atoms with E-state index in [9.17, 15) is 0 Å². The molecule has 0 radical (unpaired) electrons. The highest BCUT2D eigenvalue weighted by Crippen LogP contribution is 2.05. The fraction of sp³-hybridized carbons (Fsp3) is 0.667. The number of nitrogens with two attached hydrogens (primary N) is 1. The van der Waals surface area contributed by atoms with Gasteiger partial charge >= 0.3 is 0 Å². The van der Waals surface area contributed by atoms with Crippen molar-refractivity contribution in [2.75, 3.05) is 0 Å². The molecule has 0 saturated heterocycles. The third-order valence-corrected chi connectivity index (χ3v) is 1.39. The van der Waals surface area contributed by atoms with Crippen LogP contribution in [0.5, 0.6) is 0 Å². The molecule has 0 bridgehead atoms. The van der Waals surface area contributed by atoms with Crippen molar-refractivity contribution in [3.63, 3.8) is 0 Å². The van der Waals surface area contributed by atoms with E-state index in [2.05, 4.69) is 10.1 Å².